The van der Waals surface area contributed by atoms with Crippen LogP contribution in [0.2, 0.25) is 0 Å². The van der Waals surface area contributed by atoms with Gasteiger partial charge in [-0.1, -0.05) is 0 Å². The fraction of sp³-hybridized carbons (Fsp3) is 0.407. The Bertz CT molecular complexity index is 1460. The normalized spacial score (nSPS) is 19.1. The number of ether oxygens (including phenoxy) is 1. The number of esters is 1. The molecule has 3 aromatic rings. The van der Waals surface area contributed by atoms with Crippen molar-refractivity contribution in [2.24, 2.45) is 11.8 Å². The van der Waals surface area contributed by atoms with Crippen molar-refractivity contribution in [1.82, 2.24) is 15.0 Å². The third-order valence-electron chi connectivity index (χ3n) is 7.17. The highest BCUT2D eigenvalue weighted by Crippen LogP contribution is 2.41. The van der Waals surface area contributed by atoms with Crippen LogP contribution in [-0.4, -0.2) is 42.6 Å². The predicted octanol–water partition coefficient (Wildman–Crippen LogP) is 5.23. The number of carbonyl (C=O) groups excluding carboxylic acids is 1. The maximum Gasteiger partial charge on any atom is 0.472 e. The number of nitrogens with zero attached hydrogens (tertiary/aromatic N) is 3. The van der Waals surface area contributed by atoms with Crippen LogP contribution in [0.15, 0.2) is 48.8 Å². The topological polar surface area (TPSA) is 164 Å². The summed E-state index contributed by atoms with van der Waals surface area (Å²) >= 11 is 0. The minimum atomic E-state index is -4.74. The summed E-state index contributed by atoms with van der Waals surface area (Å²) in [5, 5.41) is 14.2. The lowest BCUT2D eigenvalue weighted by atomic mass is 9.73. The number of hydrogen-bond donors (Lipinski definition) is 4. The van der Waals surface area contributed by atoms with Crippen molar-refractivity contribution in [3.63, 3.8) is 0 Å². The summed E-state index contributed by atoms with van der Waals surface area (Å²) in [5.41, 5.74) is 0.229. The van der Waals surface area contributed by atoms with Gasteiger partial charge in [-0.05, 0) is 87.4 Å². The van der Waals surface area contributed by atoms with E-state index < -0.39 is 43.8 Å². The summed E-state index contributed by atoms with van der Waals surface area (Å²) in [7, 11) is -4.74. The lowest BCUT2D eigenvalue weighted by molar-refractivity contribution is -0.158. The summed E-state index contributed by atoms with van der Waals surface area (Å²) < 4.78 is 58.9. The molecule has 226 valence electrons. The summed E-state index contributed by atoms with van der Waals surface area (Å²) in [5.74, 6) is -1.01. The zero-order valence-electron chi connectivity index (χ0n) is 22.7. The first-order valence-corrected chi connectivity index (χ1v) is 14.5. The van der Waals surface area contributed by atoms with Crippen molar-refractivity contribution >= 4 is 25.4 Å². The Morgan fingerprint density at radius 2 is 1.79 bits per heavy atom. The van der Waals surface area contributed by atoms with Gasteiger partial charge in [0.05, 0.1) is 22.9 Å². The minimum absolute atomic E-state index is 0.00384. The van der Waals surface area contributed by atoms with Crippen molar-refractivity contribution in [3.05, 3.63) is 65.6 Å². The van der Waals surface area contributed by atoms with Gasteiger partial charge in [-0.15, -0.1) is 0 Å². The van der Waals surface area contributed by atoms with Crippen molar-refractivity contribution < 1.29 is 46.7 Å². The number of phosphoric acid groups is 1. The first-order chi connectivity index (χ1) is 19.6. The van der Waals surface area contributed by atoms with Crippen molar-refractivity contribution in [2.45, 2.75) is 51.3 Å². The van der Waals surface area contributed by atoms with E-state index >= 15 is 0 Å². The lowest BCUT2D eigenvalue weighted by Gasteiger charge is -2.37. The summed E-state index contributed by atoms with van der Waals surface area (Å²) in [6, 6.07) is 8.69. The highest BCUT2D eigenvalue weighted by Gasteiger charge is 2.39. The standard InChI is InChI=1S/C27H30F3N4O7P/c1-16-11-21(33-24(12-16)34-23-13-20(9-10-31-23)27(28,29)30)18-5-8-22(32-14-18)26(2,36)19-6-3-17(4-7-19)25(35)40-15-41-42(37,38)39/h5,8-14,17,19,36H,3-4,6-7,15H2,1-2H3,(H,31,33,34)(H2,37,38,39)/t17?,19?,26-/m1/s1. The zero-order chi connectivity index (χ0) is 30.7. The van der Waals surface area contributed by atoms with E-state index in [-0.39, 0.29) is 11.7 Å². The molecule has 1 saturated carbocycles. The van der Waals surface area contributed by atoms with E-state index in [0.717, 1.165) is 23.9 Å². The number of rotatable bonds is 9. The van der Waals surface area contributed by atoms with Gasteiger partial charge in [0.15, 0.2) is 0 Å². The van der Waals surface area contributed by atoms with E-state index in [4.69, 9.17) is 14.5 Å². The van der Waals surface area contributed by atoms with Gasteiger partial charge in [0, 0.05) is 18.0 Å². The number of phosphoric ester groups is 1. The van der Waals surface area contributed by atoms with Gasteiger partial charge in [0.2, 0.25) is 6.79 Å². The molecule has 0 saturated heterocycles. The number of alkyl halides is 3. The van der Waals surface area contributed by atoms with Gasteiger partial charge in [0.25, 0.3) is 0 Å². The Labute approximate surface area is 239 Å². The number of aromatic nitrogens is 3. The third-order valence-corrected chi connectivity index (χ3v) is 7.61. The van der Waals surface area contributed by atoms with Crippen LogP contribution in [0, 0.1) is 18.8 Å². The van der Waals surface area contributed by atoms with Crippen LogP contribution in [0.1, 0.15) is 49.4 Å². The molecule has 0 aliphatic heterocycles. The van der Waals surface area contributed by atoms with Crippen LogP contribution in [-0.2, 0) is 30.4 Å². The molecule has 1 atom stereocenters. The predicted molar refractivity (Wildman–Crippen MR) is 144 cm³/mol. The summed E-state index contributed by atoms with van der Waals surface area (Å²) in [6.45, 7) is 2.63. The first kappa shape index (κ1) is 31.5. The maximum absolute atomic E-state index is 13.1. The Hall–Kier alpha value is -3.42. The number of halogens is 3. The Morgan fingerprint density at radius 3 is 2.40 bits per heavy atom. The second-order valence-electron chi connectivity index (χ2n) is 10.3. The Morgan fingerprint density at radius 1 is 1.07 bits per heavy atom. The number of pyridine rings is 3. The molecule has 0 unspecified atom stereocenters. The number of nitrogens with one attached hydrogen (secondary N) is 1. The van der Waals surface area contributed by atoms with Gasteiger partial charge >= 0.3 is 20.0 Å². The third kappa shape index (κ3) is 8.11. The molecule has 4 N–H and O–H groups in total. The number of hydrogen-bond acceptors (Lipinski definition) is 9. The molecule has 1 aliphatic rings. The molecule has 1 aliphatic carbocycles. The van der Waals surface area contributed by atoms with Crippen LogP contribution < -0.4 is 5.32 Å². The summed E-state index contributed by atoms with van der Waals surface area (Å²) in [6.07, 6.45) is -0.0623. The molecular weight excluding hydrogens is 580 g/mol. The van der Waals surface area contributed by atoms with Gasteiger partial charge < -0.3 is 24.9 Å². The first-order valence-electron chi connectivity index (χ1n) is 13.0. The van der Waals surface area contributed by atoms with E-state index in [2.05, 4.69) is 24.8 Å². The molecule has 0 aromatic carbocycles. The molecule has 1 fully saturated rings. The molecule has 0 radical (unpaired) electrons. The van der Waals surface area contributed by atoms with Crippen molar-refractivity contribution in [3.8, 4) is 11.3 Å². The van der Waals surface area contributed by atoms with Gasteiger partial charge in [-0.3, -0.25) is 9.78 Å². The molecule has 11 nitrogen and oxygen atoms in total. The van der Waals surface area contributed by atoms with E-state index in [1.54, 1.807) is 37.4 Å². The highest BCUT2D eigenvalue weighted by molar-refractivity contribution is 7.46. The molecule has 3 heterocycles. The molecule has 15 heteroatoms. The Kier molecular flexibility index (Phi) is 9.33. The van der Waals surface area contributed by atoms with Gasteiger partial charge in [-0.25, -0.2) is 19.1 Å². The molecular formula is C27H30F3N4O7P. The monoisotopic (exact) mass is 610 g/mol. The van der Waals surface area contributed by atoms with E-state index in [9.17, 15) is 27.6 Å². The SMILES string of the molecule is Cc1cc(Nc2cc(C(F)(F)F)ccn2)nc(-c2ccc([C@](C)(O)C3CCC(C(=O)OCOP(=O)(O)O)CC3)nc2)c1. The van der Waals surface area contributed by atoms with Crippen LogP contribution in [0.5, 0.6) is 0 Å². The van der Waals surface area contributed by atoms with Gasteiger partial charge in [0.1, 0.15) is 17.2 Å². The smallest absolute Gasteiger partial charge is 0.438 e. The second-order valence-corrected chi connectivity index (χ2v) is 11.5. The van der Waals surface area contributed by atoms with E-state index in [1.165, 1.54) is 0 Å². The lowest BCUT2D eigenvalue weighted by Crippen LogP contribution is -2.37. The average Bonchev–Trinajstić information content (AvgIpc) is 2.92. The average molecular weight is 611 g/mol. The van der Waals surface area contributed by atoms with Crippen LogP contribution >= 0.6 is 7.82 Å². The zero-order valence-corrected chi connectivity index (χ0v) is 23.6. The molecule has 3 aromatic heterocycles. The van der Waals surface area contributed by atoms with Crippen molar-refractivity contribution in [2.75, 3.05) is 12.1 Å². The second kappa shape index (κ2) is 12.4. The fourth-order valence-electron chi connectivity index (χ4n) is 4.90. The quantitative estimate of drug-likeness (QED) is 0.142. The molecule has 0 amide bonds. The molecule has 0 bridgehead atoms. The number of aliphatic hydroxyl groups is 1. The Balaban J connectivity index is 1.41. The number of anilines is 2. The van der Waals surface area contributed by atoms with Gasteiger partial charge in [-0.2, -0.15) is 13.2 Å². The van der Waals surface area contributed by atoms with Crippen LogP contribution in [0.4, 0.5) is 24.8 Å². The molecule has 4 rings (SSSR count). The highest BCUT2D eigenvalue weighted by atomic mass is 31.2. The number of aryl methyl sites for hydroxylation is 1. The van der Waals surface area contributed by atoms with Crippen molar-refractivity contribution in [1.29, 1.82) is 0 Å². The maximum atomic E-state index is 13.1. The van der Waals surface area contributed by atoms with Crippen LogP contribution in [0.25, 0.3) is 11.3 Å². The minimum Gasteiger partial charge on any atom is -0.438 e. The van der Waals surface area contributed by atoms with E-state index in [1.807, 2.05) is 6.92 Å². The van der Waals surface area contributed by atoms with E-state index in [0.29, 0.717) is 48.5 Å². The van der Waals surface area contributed by atoms with Crippen LogP contribution in [0.3, 0.4) is 0 Å². The largest absolute Gasteiger partial charge is 0.472 e. The molecule has 0 spiro atoms. The summed E-state index contributed by atoms with van der Waals surface area (Å²) in [4.78, 5) is 42.5. The molecule has 42 heavy (non-hydrogen) atoms. The number of carbonyl (C=O) groups is 1. The fourth-order valence-corrected chi connectivity index (χ4v) is 5.09.